The van der Waals surface area contributed by atoms with Gasteiger partial charge in [0.1, 0.15) is 18.3 Å². The molecule has 0 N–H and O–H groups in total. The van der Waals surface area contributed by atoms with Gasteiger partial charge in [-0.3, -0.25) is 9.36 Å². The van der Waals surface area contributed by atoms with Crippen LogP contribution in [-0.2, 0) is 24.3 Å². The number of Topliss-reactive ketones (excluding diaryl/α,β-unsaturated/α-hetero) is 1. The SMILES string of the molecule is CC(=O)CC1CC(F)(F)C1(F)F.CCCc1c(CC)nc(CF)n(C(c2ccccc2)c2ccccc2)c1=O. The van der Waals surface area contributed by atoms with Crippen molar-refractivity contribution in [2.75, 3.05) is 0 Å². The average Bonchev–Trinajstić information content (AvgIpc) is 2.92. The fourth-order valence-electron chi connectivity index (χ4n) is 4.87. The van der Waals surface area contributed by atoms with Gasteiger partial charge in [-0.15, -0.1) is 0 Å². The molecule has 210 valence electrons. The number of hydrogen-bond donors (Lipinski definition) is 0. The molecule has 1 heterocycles. The van der Waals surface area contributed by atoms with Gasteiger partial charge in [0.05, 0.1) is 11.7 Å². The lowest BCUT2D eigenvalue weighted by molar-refractivity contribution is -0.313. The van der Waals surface area contributed by atoms with Gasteiger partial charge in [-0.1, -0.05) is 80.9 Å². The molecule has 1 atom stereocenters. The first-order valence-corrected chi connectivity index (χ1v) is 13.0. The number of nitrogens with zero attached hydrogens (tertiary/aromatic N) is 2. The summed E-state index contributed by atoms with van der Waals surface area (Å²) in [5, 5.41) is 0. The Morgan fingerprint density at radius 1 is 1.00 bits per heavy atom. The van der Waals surface area contributed by atoms with Crippen LogP contribution in [0.5, 0.6) is 0 Å². The Morgan fingerprint density at radius 2 is 1.54 bits per heavy atom. The van der Waals surface area contributed by atoms with Crippen molar-refractivity contribution in [3.05, 3.63) is 99.2 Å². The lowest BCUT2D eigenvalue weighted by atomic mass is 9.74. The first-order chi connectivity index (χ1) is 18.5. The summed E-state index contributed by atoms with van der Waals surface area (Å²) in [6, 6.07) is 19.1. The zero-order chi connectivity index (χ0) is 28.8. The molecule has 1 aromatic heterocycles. The summed E-state index contributed by atoms with van der Waals surface area (Å²) in [7, 11) is 0. The van der Waals surface area contributed by atoms with E-state index < -0.39 is 49.1 Å². The van der Waals surface area contributed by atoms with Crippen molar-refractivity contribution in [3.63, 3.8) is 0 Å². The van der Waals surface area contributed by atoms with Crippen molar-refractivity contribution in [2.24, 2.45) is 5.92 Å². The van der Waals surface area contributed by atoms with E-state index in [2.05, 4.69) is 4.98 Å². The normalized spacial score (nSPS) is 17.2. The average molecular weight is 549 g/mol. The van der Waals surface area contributed by atoms with E-state index in [1.54, 1.807) is 4.57 Å². The topological polar surface area (TPSA) is 52.0 Å². The lowest BCUT2D eigenvalue weighted by Crippen LogP contribution is -2.58. The molecule has 3 aromatic rings. The summed E-state index contributed by atoms with van der Waals surface area (Å²) in [5.74, 6) is -9.65. The van der Waals surface area contributed by atoms with E-state index in [1.807, 2.05) is 74.5 Å². The summed E-state index contributed by atoms with van der Waals surface area (Å²) < 4.78 is 64.7. The van der Waals surface area contributed by atoms with Gasteiger partial charge in [0.25, 0.3) is 5.56 Å². The predicted molar refractivity (Wildman–Crippen MR) is 140 cm³/mol. The van der Waals surface area contributed by atoms with E-state index >= 15 is 0 Å². The number of aromatic nitrogens is 2. The molecule has 4 nitrogen and oxygen atoms in total. The van der Waals surface area contributed by atoms with Crippen LogP contribution in [0.2, 0.25) is 0 Å². The van der Waals surface area contributed by atoms with Gasteiger partial charge in [-0.2, -0.15) is 17.6 Å². The van der Waals surface area contributed by atoms with E-state index in [1.165, 1.54) is 0 Å². The van der Waals surface area contributed by atoms with Crippen molar-refractivity contribution in [1.82, 2.24) is 9.55 Å². The molecule has 1 saturated carbocycles. The van der Waals surface area contributed by atoms with E-state index in [9.17, 15) is 31.5 Å². The van der Waals surface area contributed by atoms with E-state index in [4.69, 9.17) is 0 Å². The molecule has 1 aliphatic rings. The Balaban J connectivity index is 0.000000293. The number of ketones is 1. The van der Waals surface area contributed by atoms with Crippen molar-refractivity contribution in [2.45, 2.75) is 77.4 Å². The second-order valence-corrected chi connectivity index (χ2v) is 9.72. The number of rotatable bonds is 9. The minimum Gasteiger partial charge on any atom is -0.300 e. The Kier molecular flexibility index (Phi) is 9.80. The van der Waals surface area contributed by atoms with E-state index in [-0.39, 0.29) is 11.4 Å². The molecule has 9 heteroatoms. The first kappa shape index (κ1) is 30.2. The quantitative estimate of drug-likeness (QED) is 0.268. The van der Waals surface area contributed by atoms with Gasteiger partial charge in [-0.25, -0.2) is 9.37 Å². The second-order valence-electron chi connectivity index (χ2n) is 9.72. The highest BCUT2D eigenvalue weighted by Gasteiger charge is 2.71. The maximum atomic E-state index is 14.0. The summed E-state index contributed by atoms with van der Waals surface area (Å²) in [6.45, 7) is 4.34. The monoisotopic (exact) mass is 548 g/mol. The fourth-order valence-corrected chi connectivity index (χ4v) is 4.87. The molecule has 1 unspecified atom stereocenters. The highest BCUT2D eigenvalue weighted by atomic mass is 19.3. The minimum atomic E-state index is -3.99. The molecule has 4 rings (SSSR count). The van der Waals surface area contributed by atoms with Crippen LogP contribution in [-0.4, -0.2) is 27.2 Å². The van der Waals surface area contributed by atoms with Crippen LogP contribution in [0.4, 0.5) is 22.0 Å². The van der Waals surface area contributed by atoms with Crippen LogP contribution in [0, 0.1) is 5.92 Å². The van der Waals surface area contributed by atoms with Crippen LogP contribution >= 0.6 is 0 Å². The van der Waals surface area contributed by atoms with Gasteiger partial charge in [-0.05, 0) is 30.9 Å². The van der Waals surface area contributed by atoms with Crippen LogP contribution < -0.4 is 5.56 Å². The highest BCUT2D eigenvalue weighted by molar-refractivity contribution is 5.76. The predicted octanol–water partition coefficient (Wildman–Crippen LogP) is 7.12. The van der Waals surface area contributed by atoms with Crippen LogP contribution in [0.15, 0.2) is 65.5 Å². The van der Waals surface area contributed by atoms with Crippen molar-refractivity contribution in [1.29, 1.82) is 0 Å². The van der Waals surface area contributed by atoms with E-state index in [0.717, 1.165) is 24.5 Å². The van der Waals surface area contributed by atoms with Crippen LogP contribution in [0.25, 0.3) is 0 Å². The summed E-state index contributed by atoms with van der Waals surface area (Å²) in [5.41, 5.74) is 3.16. The maximum Gasteiger partial charge on any atom is 0.313 e. The Bertz CT molecular complexity index is 1270. The molecule has 0 bridgehead atoms. The summed E-state index contributed by atoms with van der Waals surface area (Å²) in [4.78, 5) is 28.4. The van der Waals surface area contributed by atoms with E-state index in [0.29, 0.717) is 24.1 Å². The van der Waals surface area contributed by atoms with Gasteiger partial charge >= 0.3 is 11.8 Å². The molecular weight excluding hydrogens is 515 g/mol. The van der Waals surface area contributed by atoms with Gasteiger partial charge in [0.2, 0.25) is 0 Å². The molecule has 0 aliphatic heterocycles. The molecular formula is C30H33F5N2O2. The van der Waals surface area contributed by atoms with Crippen molar-refractivity contribution >= 4 is 5.78 Å². The minimum absolute atomic E-state index is 0.131. The van der Waals surface area contributed by atoms with Crippen molar-refractivity contribution < 1.29 is 26.7 Å². The molecule has 1 aliphatic carbocycles. The van der Waals surface area contributed by atoms with Gasteiger partial charge in [0.15, 0.2) is 0 Å². The Labute approximate surface area is 224 Å². The third kappa shape index (κ3) is 6.45. The second kappa shape index (κ2) is 12.7. The lowest BCUT2D eigenvalue weighted by Gasteiger charge is -2.43. The zero-order valence-electron chi connectivity index (χ0n) is 22.3. The zero-order valence-corrected chi connectivity index (χ0v) is 22.3. The smallest absolute Gasteiger partial charge is 0.300 e. The third-order valence-corrected chi connectivity index (χ3v) is 6.85. The van der Waals surface area contributed by atoms with Gasteiger partial charge in [0, 0.05) is 24.3 Å². The van der Waals surface area contributed by atoms with Crippen molar-refractivity contribution in [3.8, 4) is 0 Å². The summed E-state index contributed by atoms with van der Waals surface area (Å²) >= 11 is 0. The largest absolute Gasteiger partial charge is 0.313 e. The van der Waals surface area contributed by atoms with Gasteiger partial charge < -0.3 is 4.79 Å². The first-order valence-electron chi connectivity index (χ1n) is 13.0. The number of halogens is 5. The number of hydrogen-bond acceptors (Lipinski definition) is 3. The molecule has 0 saturated heterocycles. The number of carbonyl (C=O) groups is 1. The molecule has 0 amide bonds. The molecule has 1 fully saturated rings. The van der Waals surface area contributed by atoms with Crippen LogP contribution in [0.1, 0.15) is 74.3 Å². The molecule has 0 spiro atoms. The maximum absolute atomic E-state index is 14.0. The number of carbonyl (C=O) groups excluding carboxylic acids is 1. The Morgan fingerprint density at radius 3 is 1.92 bits per heavy atom. The number of benzene rings is 2. The number of aryl methyl sites for hydroxylation is 1. The summed E-state index contributed by atoms with van der Waals surface area (Å²) in [6.07, 6.45) is 0.792. The molecule has 39 heavy (non-hydrogen) atoms. The Hall–Kier alpha value is -3.36. The fraction of sp³-hybridized carbons (Fsp3) is 0.433. The van der Waals surface area contributed by atoms with Crippen LogP contribution in [0.3, 0.4) is 0 Å². The highest BCUT2D eigenvalue weighted by Crippen LogP contribution is 2.56. The standard InChI is InChI=1S/C23H25FN2O.C7H8F4O/c1-3-11-19-20(4-2)25-21(16-24)26(23(19)27)22(17-12-7-5-8-13-17)18-14-9-6-10-15-18;1-4(12)2-5-3-6(8,9)7(5,10)11/h5-10,12-15,22H,3-4,11,16H2,1-2H3;5H,2-3H2,1H3. The third-order valence-electron chi connectivity index (χ3n) is 6.85. The molecule has 0 radical (unpaired) electrons. The number of alkyl halides is 5. The molecule has 2 aromatic carbocycles.